The largest absolute Gasteiger partial charge is 0.397 e. The number of pyridine rings is 1. The third-order valence-electron chi connectivity index (χ3n) is 1.88. The average molecular weight is 174 g/mol. The molecule has 4 heteroatoms. The van der Waals surface area contributed by atoms with Gasteiger partial charge in [0, 0.05) is 12.4 Å². The number of hydrogen-bond acceptors (Lipinski definition) is 3. The molecule has 0 bridgehead atoms. The van der Waals surface area contributed by atoms with Crippen molar-refractivity contribution in [3.8, 4) is 5.82 Å². The Morgan fingerprint density at radius 1 is 1.38 bits per heavy atom. The van der Waals surface area contributed by atoms with Crippen LogP contribution in [0.1, 0.15) is 5.69 Å². The van der Waals surface area contributed by atoms with Crippen LogP contribution in [0.5, 0.6) is 0 Å². The summed E-state index contributed by atoms with van der Waals surface area (Å²) in [5.41, 5.74) is 7.21. The molecule has 2 N–H and O–H groups in total. The fourth-order valence-electron chi connectivity index (χ4n) is 1.10. The van der Waals surface area contributed by atoms with E-state index in [1.165, 1.54) is 0 Å². The van der Waals surface area contributed by atoms with Crippen LogP contribution in [0, 0.1) is 6.92 Å². The maximum Gasteiger partial charge on any atom is 0.138 e. The molecule has 0 unspecified atom stereocenters. The molecule has 0 aliphatic carbocycles. The monoisotopic (exact) mass is 174 g/mol. The van der Waals surface area contributed by atoms with Crippen LogP contribution in [0.2, 0.25) is 0 Å². The second kappa shape index (κ2) is 2.90. The average Bonchev–Trinajstić information content (AvgIpc) is 2.62. The third kappa shape index (κ3) is 1.38. The van der Waals surface area contributed by atoms with Gasteiger partial charge < -0.3 is 5.73 Å². The number of imidazole rings is 1. The maximum atomic E-state index is 5.65. The Morgan fingerprint density at radius 2 is 2.23 bits per heavy atom. The fraction of sp³-hybridized carbons (Fsp3) is 0.111. The van der Waals surface area contributed by atoms with Gasteiger partial charge in [0.2, 0.25) is 0 Å². The van der Waals surface area contributed by atoms with E-state index in [1.54, 1.807) is 12.5 Å². The minimum atomic E-state index is 0.712. The van der Waals surface area contributed by atoms with Gasteiger partial charge in [0.1, 0.15) is 12.1 Å². The molecule has 0 spiro atoms. The Morgan fingerprint density at radius 3 is 2.85 bits per heavy atom. The number of aryl methyl sites for hydroxylation is 1. The highest BCUT2D eigenvalue weighted by Gasteiger charge is 1.99. The third-order valence-corrected chi connectivity index (χ3v) is 1.88. The van der Waals surface area contributed by atoms with Gasteiger partial charge in [0.15, 0.2) is 0 Å². The Bertz CT molecular complexity index is 406. The van der Waals surface area contributed by atoms with Crippen molar-refractivity contribution >= 4 is 5.69 Å². The molecule has 66 valence electrons. The number of nitrogens with two attached hydrogens (primary N) is 1. The van der Waals surface area contributed by atoms with Crippen LogP contribution in [0.4, 0.5) is 5.69 Å². The molecule has 0 fully saturated rings. The van der Waals surface area contributed by atoms with Crippen LogP contribution in [0.3, 0.4) is 0 Å². The minimum Gasteiger partial charge on any atom is -0.397 e. The summed E-state index contributed by atoms with van der Waals surface area (Å²) >= 11 is 0. The van der Waals surface area contributed by atoms with Gasteiger partial charge in [-0.1, -0.05) is 0 Å². The van der Waals surface area contributed by atoms with E-state index in [2.05, 4.69) is 9.97 Å². The normalized spacial score (nSPS) is 10.2. The SMILES string of the molecule is Cc1nc(-n2ccnc2)ccc1N. The Kier molecular flexibility index (Phi) is 1.73. The Balaban J connectivity index is 2.49. The standard InChI is InChI=1S/C9H10N4/c1-7-8(10)2-3-9(12-7)13-5-4-11-6-13/h2-6H,10H2,1H3. The van der Waals surface area contributed by atoms with E-state index in [4.69, 9.17) is 5.73 Å². The number of aromatic nitrogens is 3. The number of anilines is 1. The van der Waals surface area contributed by atoms with E-state index in [9.17, 15) is 0 Å². The number of nitrogen functional groups attached to an aromatic ring is 1. The highest BCUT2D eigenvalue weighted by molar-refractivity contribution is 5.45. The van der Waals surface area contributed by atoms with Gasteiger partial charge in [-0.25, -0.2) is 9.97 Å². The van der Waals surface area contributed by atoms with Gasteiger partial charge in [-0.3, -0.25) is 4.57 Å². The van der Waals surface area contributed by atoms with E-state index < -0.39 is 0 Å². The van der Waals surface area contributed by atoms with Crippen molar-refractivity contribution in [2.24, 2.45) is 0 Å². The predicted octanol–water partition coefficient (Wildman–Crippen LogP) is 1.16. The second-order valence-corrected chi connectivity index (χ2v) is 2.81. The summed E-state index contributed by atoms with van der Waals surface area (Å²) in [4.78, 5) is 8.26. The first-order valence-electron chi connectivity index (χ1n) is 3.99. The summed E-state index contributed by atoms with van der Waals surface area (Å²) in [6.07, 6.45) is 5.27. The second-order valence-electron chi connectivity index (χ2n) is 2.81. The van der Waals surface area contributed by atoms with E-state index >= 15 is 0 Å². The summed E-state index contributed by atoms with van der Waals surface area (Å²) in [7, 11) is 0. The van der Waals surface area contributed by atoms with Crippen LogP contribution in [-0.2, 0) is 0 Å². The molecule has 2 rings (SSSR count). The first kappa shape index (κ1) is 7.79. The minimum absolute atomic E-state index is 0.712. The predicted molar refractivity (Wildman–Crippen MR) is 50.5 cm³/mol. The molecule has 2 aromatic rings. The van der Waals surface area contributed by atoms with Gasteiger partial charge in [0.05, 0.1) is 11.4 Å². The van der Waals surface area contributed by atoms with Gasteiger partial charge in [0.25, 0.3) is 0 Å². The first-order valence-corrected chi connectivity index (χ1v) is 3.99. The van der Waals surface area contributed by atoms with Crippen molar-refractivity contribution in [2.75, 3.05) is 5.73 Å². The van der Waals surface area contributed by atoms with Crippen molar-refractivity contribution in [1.82, 2.24) is 14.5 Å². The van der Waals surface area contributed by atoms with Gasteiger partial charge in [-0.15, -0.1) is 0 Å². The van der Waals surface area contributed by atoms with Crippen LogP contribution in [0.15, 0.2) is 30.9 Å². The summed E-state index contributed by atoms with van der Waals surface area (Å²) in [5, 5.41) is 0. The van der Waals surface area contributed by atoms with Gasteiger partial charge in [-0.05, 0) is 19.1 Å². The topological polar surface area (TPSA) is 56.7 Å². The molecule has 0 radical (unpaired) electrons. The van der Waals surface area contributed by atoms with Crippen molar-refractivity contribution in [3.63, 3.8) is 0 Å². The van der Waals surface area contributed by atoms with Crippen molar-refractivity contribution < 1.29 is 0 Å². The number of nitrogens with zero attached hydrogens (tertiary/aromatic N) is 3. The molecular weight excluding hydrogens is 164 g/mol. The highest BCUT2D eigenvalue weighted by Crippen LogP contribution is 2.10. The lowest BCUT2D eigenvalue weighted by Gasteiger charge is -2.03. The molecule has 2 heterocycles. The summed E-state index contributed by atoms with van der Waals surface area (Å²) in [5.74, 6) is 0.837. The fourth-order valence-corrected chi connectivity index (χ4v) is 1.10. The number of hydrogen-bond donors (Lipinski definition) is 1. The van der Waals surface area contributed by atoms with Crippen LogP contribution < -0.4 is 5.73 Å². The summed E-state index contributed by atoms with van der Waals surface area (Å²) in [6.45, 7) is 1.88. The molecule has 0 saturated heterocycles. The van der Waals surface area contributed by atoms with Crippen LogP contribution in [0.25, 0.3) is 5.82 Å². The van der Waals surface area contributed by atoms with E-state index in [1.807, 2.05) is 29.8 Å². The molecular formula is C9H10N4. The molecule has 2 aromatic heterocycles. The first-order chi connectivity index (χ1) is 6.27. The Hall–Kier alpha value is -1.84. The lowest BCUT2D eigenvalue weighted by molar-refractivity contribution is 0.977. The maximum absolute atomic E-state index is 5.65. The molecule has 4 nitrogen and oxygen atoms in total. The molecule has 0 aromatic carbocycles. The van der Waals surface area contributed by atoms with E-state index in [0.29, 0.717) is 5.69 Å². The molecule has 13 heavy (non-hydrogen) atoms. The van der Waals surface area contributed by atoms with Gasteiger partial charge in [-0.2, -0.15) is 0 Å². The molecule has 0 aliphatic heterocycles. The van der Waals surface area contributed by atoms with Crippen molar-refractivity contribution in [3.05, 3.63) is 36.5 Å². The number of rotatable bonds is 1. The molecule has 0 amide bonds. The van der Waals surface area contributed by atoms with E-state index in [-0.39, 0.29) is 0 Å². The van der Waals surface area contributed by atoms with Crippen molar-refractivity contribution in [2.45, 2.75) is 6.92 Å². The zero-order chi connectivity index (χ0) is 9.26. The van der Waals surface area contributed by atoms with Crippen LogP contribution in [-0.4, -0.2) is 14.5 Å². The smallest absolute Gasteiger partial charge is 0.138 e. The highest BCUT2D eigenvalue weighted by atomic mass is 15.1. The summed E-state index contributed by atoms with van der Waals surface area (Å²) in [6, 6.07) is 3.71. The zero-order valence-corrected chi connectivity index (χ0v) is 7.31. The molecule has 0 atom stereocenters. The van der Waals surface area contributed by atoms with Crippen LogP contribution >= 0.6 is 0 Å². The van der Waals surface area contributed by atoms with Crippen molar-refractivity contribution in [1.29, 1.82) is 0 Å². The van der Waals surface area contributed by atoms with Gasteiger partial charge >= 0.3 is 0 Å². The lowest BCUT2D eigenvalue weighted by Crippen LogP contribution is -1.99. The lowest BCUT2D eigenvalue weighted by atomic mass is 10.3. The summed E-state index contributed by atoms with van der Waals surface area (Å²) < 4.78 is 1.84. The quantitative estimate of drug-likeness (QED) is 0.705. The van der Waals surface area contributed by atoms with E-state index in [0.717, 1.165) is 11.5 Å². The Labute approximate surface area is 76.1 Å². The molecule has 0 saturated carbocycles. The zero-order valence-electron chi connectivity index (χ0n) is 7.31. The molecule has 0 aliphatic rings.